The van der Waals surface area contributed by atoms with E-state index in [0.717, 1.165) is 5.56 Å². The Labute approximate surface area is 287 Å². The number of ether oxygens (including phenoxy) is 1. The summed E-state index contributed by atoms with van der Waals surface area (Å²) in [7, 11) is -0.621. The van der Waals surface area contributed by atoms with E-state index < -0.39 is 44.9 Å². The predicted octanol–water partition coefficient (Wildman–Crippen LogP) is 3.50. The van der Waals surface area contributed by atoms with Crippen molar-refractivity contribution in [1.82, 2.24) is 20.3 Å². The number of carbonyl (C=O) groups is 3. The van der Waals surface area contributed by atoms with Gasteiger partial charge in [0.15, 0.2) is 0 Å². The number of likely N-dealkylation sites (N-methyl/N-ethyl adjacent to an activating group) is 2. The fourth-order valence-corrected chi connectivity index (χ4v) is 6.65. The molecule has 0 bridgehead atoms. The standard InChI is InChI=1S/C36H55N5O6S/c1-24(2)29(22-25(3)32(42)40-48(45,46)23-26-14-12-11-13-15-26)41(10)34(44)31(35(4,5)6)39-33(43)30(38-9)36(7,8)27-16-18-28(19-17-27)47-21-20-37/h11-19,22,24,29-31,38H,20-21,23,37H2,1-10H3,(H,39,43)(H,40,42)/b25-22+/t29-,30-,31-/m1/s1. The normalized spacial score (nSPS) is 14.5. The zero-order valence-corrected chi connectivity index (χ0v) is 30.9. The number of amides is 3. The third-order valence-electron chi connectivity index (χ3n) is 8.36. The van der Waals surface area contributed by atoms with E-state index in [2.05, 4.69) is 15.4 Å². The number of rotatable bonds is 16. The molecular weight excluding hydrogens is 630 g/mol. The zero-order chi connectivity index (χ0) is 36.4. The Balaban J connectivity index is 2.29. The van der Waals surface area contributed by atoms with Gasteiger partial charge < -0.3 is 26.0 Å². The van der Waals surface area contributed by atoms with E-state index in [1.54, 1.807) is 50.5 Å². The summed E-state index contributed by atoms with van der Waals surface area (Å²) in [5.41, 5.74) is 5.80. The molecule has 3 amide bonds. The maximum atomic E-state index is 14.2. The first-order valence-electron chi connectivity index (χ1n) is 16.2. The molecule has 0 saturated heterocycles. The molecule has 0 aromatic heterocycles. The van der Waals surface area contributed by atoms with E-state index >= 15 is 0 Å². The van der Waals surface area contributed by atoms with Crippen LogP contribution in [-0.4, -0.2) is 76.4 Å². The second-order valence-corrected chi connectivity index (χ2v) is 15.8. The Morgan fingerprint density at radius 3 is 2.04 bits per heavy atom. The van der Waals surface area contributed by atoms with Gasteiger partial charge in [-0.1, -0.05) is 97.0 Å². The van der Waals surface area contributed by atoms with Gasteiger partial charge in [-0.3, -0.25) is 14.4 Å². The smallest absolute Gasteiger partial charge is 0.260 e. The minimum atomic E-state index is -3.95. The molecule has 2 rings (SSSR count). The van der Waals surface area contributed by atoms with Crippen molar-refractivity contribution < 1.29 is 27.5 Å². The number of hydrogen-bond donors (Lipinski definition) is 4. The molecule has 11 nitrogen and oxygen atoms in total. The van der Waals surface area contributed by atoms with Crippen LogP contribution >= 0.6 is 0 Å². The van der Waals surface area contributed by atoms with Crippen LogP contribution in [0.3, 0.4) is 0 Å². The average Bonchev–Trinajstić information content (AvgIpc) is 3.00. The van der Waals surface area contributed by atoms with Crippen LogP contribution in [0.5, 0.6) is 5.75 Å². The molecule has 0 spiro atoms. The molecule has 0 radical (unpaired) electrons. The Morgan fingerprint density at radius 1 is 0.958 bits per heavy atom. The zero-order valence-electron chi connectivity index (χ0n) is 30.1. The van der Waals surface area contributed by atoms with Crippen LogP contribution in [0.25, 0.3) is 0 Å². The predicted molar refractivity (Wildman–Crippen MR) is 191 cm³/mol. The summed E-state index contributed by atoms with van der Waals surface area (Å²) in [5.74, 6) is -1.25. The van der Waals surface area contributed by atoms with Gasteiger partial charge in [-0.2, -0.15) is 0 Å². The lowest BCUT2D eigenvalue weighted by molar-refractivity contribution is -0.140. The van der Waals surface area contributed by atoms with Crippen molar-refractivity contribution in [3.8, 4) is 5.75 Å². The van der Waals surface area contributed by atoms with Crippen LogP contribution in [0.15, 0.2) is 66.2 Å². The highest BCUT2D eigenvalue weighted by molar-refractivity contribution is 7.89. The first-order chi connectivity index (χ1) is 22.2. The minimum Gasteiger partial charge on any atom is -0.492 e. The first kappa shape index (κ1) is 40.4. The van der Waals surface area contributed by atoms with E-state index in [-0.39, 0.29) is 29.1 Å². The summed E-state index contributed by atoms with van der Waals surface area (Å²) < 4.78 is 33.1. The highest BCUT2D eigenvalue weighted by Gasteiger charge is 2.41. The second kappa shape index (κ2) is 17.1. The maximum Gasteiger partial charge on any atom is 0.260 e. The first-order valence-corrected chi connectivity index (χ1v) is 17.8. The van der Waals surface area contributed by atoms with Crippen LogP contribution in [-0.2, 0) is 35.6 Å². The number of sulfonamides is 1. The van der Waals surface area contributed by atoms with Gasteiger partial charge in [-0.15, -0.1) is 0 Å². The highest BCUT2D eigenvalue weighted by atomic mass is 32.2. The lowest BCUT2D eigenvalue weighted by Crippen LogP contribution is -2.61. The van der Waals surface area contributed by atoms with Gasteiger partial charge in [0.05, 0.1) is 17.8 Å². The highest BCUT2D eigenvalue weighted by Crippen LogP contribution is 2.30. The van der Waals surface area contributed by atoms with E-state index in [1.165, 1.54) is 11.8 Å². The van der Waals surface area contributed by atoms with Crippen molar-refractivity contribution in [2.75, 3.05) is 27.2 Å². The molecule has 48 heavy (non-hydrogen) atoms. The Bertz CT molecular complexity index is 1520. The van der Waals surface area contributed by atoms with Crippen molar-refractivity contribution in [3.63, 3.8) is 0 Å². The van der Waals surface area contributed by atoms with Crippen LogP contribution in [0.2, 0.25) is 0 Å². The fraction of sp³-hybridized carbons (Fsp3) is 0.528. The number of nitrogens with one attached hydrogen (secondary N) is 3. The van der Waals surface area contributed by atoms with Crippen molar-refractivity contribution >= 4 is 27.7 Å². The molecule has 2 aromatic rings. The summed E-state index contributed by atoms with van der Waals surface area (Å²) in [6.07, 6.45) is 1.60. The summed E-state index contributed by atoms with van der Waals surface area (Å²) in [5, 5.41) is 6.16. The quantitative estimate of drug-likeness (QED) is 0.196. The molecule has 0 aliphatic rings. The molecule has 0 aliphatic carbocycles. The summed E-state index contributed by atoms with van der Waals surface area (Å²) in [6, 6.07) is 13.9. The fourth-order valence-electron chi connectivity index (χ4n) is 5.50. The number of hydrogen-bond acceptors (Lipinski definition) is 8. The van der Waals surface area contributed by atoms with E-state index in [1.807, 2.05) is 72.7 Å². The SMILES string of the molecule is CN[C@H](C(=O)N[C@H](C(=O)N(C)[C@H](/C=C(\C)C(=O)NS(=O)(=O)Cc1ccccc1)C(C)C)C(C)(C)C)C(C)(C)c1ccc(OCCN)cc1. The second-order valence-electron chi connectivity index (χ2n) is 14.1. The van der Waals surface area contributed by atoms with Crippen molar-refractivity contribution in [1.29, 1.82) is 0 Å². The monoisotopic (exact) mass is 685 g/mol. The molecule has 5 N–H and O–H groups in total. The molecule has 0 saturated carbocycles. The van der Waals surface area contributed by atoms with E-state index in [9.17, 15) is 22.8 Å². The molecule has 0 heterocycles. The lowest BCUT2D eigenvalue weighted by atomic mass is 9.76. The molecule has 3 atom stereocenters. The number of benzene rings is 2. The Morgan fingerprint density at radius 2 is 1.54 bits per heavy atom. The Hall–Kier alpha value is -3.74. The molecule has 0 unspecified atom stereocenters. The van der Waals surface area contributed by atoms with Crippen LogP contribution in [0.4, 0.5) is 0 Å². The third-order valence-corrected chi connectivity index (χ3v) is 9.57. The van der Waals surface area contributed by atoms with Gasteiger partial charge in [0.1, 0.15) is 18.4 Å². The van der Waals surface area contributed by atoms with Crippen LogP contribution in [0, 0.1) is 11.3 Å². The van der Waals surface area contributed by atoms with Gasteiger partial charge in [0.2, 0.25) is 21.8 Å². The van der Waals surface area contributed by atoms with Gasteiger partial charge in [0, 0.05) is 24.6 Å². The number of nitrogens with zero attached hydrogens (tertiary/aromatic N) is 1. The van der Waals surface area contributed by atoms with E-state index in [0.29, 0.717) is 24.5 Å². The minimum absolute atomic E-state index is 0.139. The third kappa shape index (κ3) is 11.2. The lowest BCUT2D eigenvalue weighted by Gasteiger charge is -2.40. The average molecular weight is 686 g/mol. The molecule has 2 aromatic carbocycles. The molecule has 12 heteroatoms. The van der Waals surface area contributed by atoms with Gasteiger partial charge in [0.25, 0.3) is 5.91 Å². The van der Waals surface area contributed by atoms with Gasteiger partial charge in [-0.25, -0.2) is 13.1 Å². The van der Waals surface area contributed by atoms with E-state index in [4.69, 9.17) is 10.5 Å². The van der Waals surface area contributed by atoms with Crippen molar-refractivity contribution in [2.45, 2.75) is 84.7 Å². The van der Waals surface area contributed by atoms with Gasteiger partial charge in [-0.05, 0) is 48.6 Å². The summed E-state index contributed by atoms with van der Waals surface area (Å²) in [6.45, 7) is 15.7. The maximum absolute atomic E-state index is 14.2. The van der Waals surface area contributed by atoms with Crippen LogP contribution < -0.4 is 25.8 Å². The van der Waals surface area contributed by atoms with Crippen molar-refractivity contribution in [2.24, 2.45) is 17.1 Å². The van der Waals surface area contributed by atoms with Crippen LogP contribution in [0.1, 0.15) is 66.5 Å². The molecule has 0 fully saturated rings. The number of carbonyl (C=O) groups excluding carboxylic acids is 3. The van der Waals surface area contributed by atoms with Gasteiger partial charge >= 0.3 is 0 Å². The summed E-state index contributed by atoms with van der Waals surface area (Å²) in [4.78, 5) is 42.6. The summed E-state index contributed by atoms with van der Waals surface area (Å²) >= 11 is 0. The molecular formula is C36H55N5O6S. The topological polar surface area (TPSA) is 160 Å². The van der Waals surface area contributed by atoms with Crippen molar-refractivity contribution in [3.05, 3.63) is 77.4 Å². The number of nitrogens with two attached hydrogens (primary N) is 1. The molecule has 266 valence electrons. The Kier molecular flexibility index (Phi) is 14.4. The largest absolute Gasteiger partial charge is 0.492 e. The molecule has 0 aliphatic heterocycles.